The Morgan fingerprint density at radius 3 is 2.47 bits per heavy atom. The monoisotopic (exact) mass is 273 g/mol. The highest BCUT2D eigenvalue weighted by Crippen LogP contribution is 2.28. The van der Waals surface area contributed by atoms with Crippen molar-refractivity contribution in [1.29, 1.82) is 5.26 Å². The Morgan fingerprint density at radius 2 is 2.00 bits per heavy atom. The molecule has 0 amide bonds. The van der Waals surface area contributed by atoms with E-state index in [0.717, 1.165) is 17.1 Å². The minimum atomic E-state index is 0.422. The summed E-state index contributed by atoms with van der Waals surface area (Å²) in [6.45, 7) is 8.36. The molecule has 0 saturated heterocycles. The topological polar surface area (TPSA) is 41.6 Å². The minimum Gasteiger partial charge on any atom is -0.236 e. The van der Waals surface area contributed by atoms with Gasteiger partial charge in [-0.25, -0.2) is 4.68 Å². The van der Waals surface area contributed by atoms with Gasteiger partial charge in [0, 0.05) is 5.69 Å². The lowest BCUT2D eigenvalue weighted by atomic mass is 10.0. The third-order valence-corrected chi connectivity index (χ3v) is 3.53. The molecule has 0 aliphatic heterocycles. The van der Waals surface area contributed by atoms with Crippen molar-refractivity contribution in [3.05, 3.63) is 45.7 Å². The molecule has 0 radical (unpaired) electrons. The number of hydrogen-bond donors (Lipinski definition) is 0. The van der Waals surface area contributed by atoms with Crippen LogP contribution in [0.4, 0.5) is 0 Å². The molecule has 0 N–H and O–H groups in total. The predicted molar refractivity (Wildman–Crippen MR) is 76.9 cm³/mol. The van der Waals surface area contributed by atoms with Crippen molar-refractivity contribution in [3.8, 4) is 11.8 Å². The fourth-order valence-corrected chi connectivity index (χ4v) is 2.73. The first-order chi connectivity index (χ1) is 8.95. The average molecular weight is 274 g/mol. The maximum Gasteiger partial charge on any atom is 0.0992 e. The zero-order chi connectivity index (χ0) is 14.2. The van der Waals surface area contributed by atoms with Gasteiger partial charge in [0.05, 0.1) is 28.0 Å². The van der Waals surface area contributed by atoms with Crippen LogP contribution >= 0.6 is 11.6 Å². The second-order valence-electron chi connectivity index (χ2n) is 4.93. The Labute approximate surface area is 118 Å². The molecule has 3 nitrogen and oxygen atoms in total. The summed E-state index contributed by atoms with van der Waals surface area (Å²) in [4.78, 5) is 0. The number of nitrogens with zero attached hydrogens (tertiary/aromatic N) is 3. The third-order valence-electron chi connectivity index (χ3n) is 3.23. The van der Waals surface area contributed by atoms with Gasteiger partial charge >= 0.3 is 0 Å². The van der Waals surface area contributed by atoms with Crippen LogP contribution in [0.15, 0.2) is 18.2 Å². The van der Waals surface area contributed by atoms with Crippen LogP contribution < -0.4 is 0 Å². The molecule has 1 heterocycles. The molecular weight excluding hydrogens is 258 g/mol. The van der Waals surface area contributed by atoms with E-state index in [1.807, 2.05) is 24.6 Å². The van der Waals surface area contributed by atoms with Crippen molar-refractivity contribution >= 4 is 11.6 Å². The summed E-state index contributed by atoms with van der Waals surface area (Å²) in [5.41, 5.74) is 4.74. The second-order valence-corrected chi connectivity index (χ2v) is 5.34. The summed E-state index contributed by atoms with van der Waals surface area (Å²) < 4.78 is 1.86. The lowest BCUT2D eigenvalue weighted by Crippen LogP contribution is -2.01. The normalized spacial score (nSPS) is 10.8. The van der Waals surface area contributed by atoms with E-state index in [4.69, 9.17) is 16.9 Å². The molecule has 0 fully saturated rings. The van der Waals surface area contributed by atoms with Crippen LogP contribution in [0.25, 0.3) is 5.69 Å². The van der Waals surface area contributed by atoms with Crippen molar-refractivity contribution in [1.82, 2.24) is 9.78 Å². The SMILES string of the molecule is Cc1nn(-c2ccc(C#N)cc2Cl)c(C)c1C(C)C. The highest BCUT2D eigenvalue weighted by molar-refractivity contribution is 6.32. The standard InChI is InChI=1S/C15H16ClN3/c1-9(2)15-10(3)18-19(11(15)4)14-6-5-12(8-17)7-13(14)16/h5-7,9H,1-4H3. The molecule has 19 heavy (non-hydrogen) atoms. The van der Waals surface area contributed by atoms with Crippen molar-refractivity contribution in [2.45, 2.75) is 33.6 Å². The molecule has 0 saturated carbocycles. The summed E-state index contributed by atoms with van der Waals surface area (Å²) in [7, 11) is 0. The van der Waals surface area contributed by atoms with Crippen molar-refractivity contribution < 1.29 is 0 Å². The van der Waals surface area contributed by atoms with Crippen LogP contribution in [0.3, 0.4) is 0 Å². The van der Waals surface area contributed by atoms with E-state index in [0.29, 0.717) is 16.5 Å². The van der Waals surface area contributed by atoms with Crippen LogP contribution in [-0.4, -0.2) is 9.78 Å². The van der Waals surface area contributed by atoms with E-state index in [9.17, 15) is 0 Å². The molecule has 0 aliphatic carbocycles. The van der Waals surface area contributed by atoms with Gasteiger partial charge in [-0.2, -0.15) is 10.4 Å². The quantitative estimate of drug-likeness (QED) is 0.825. The number of benzene rings is 1. The molecule has 2 aromatic rings. The van der Waals surface area contributed by atoms with Crippen LogP contribution in [-0.2, 0) is 0 Å². The van der Waals surface area contributed by atoms with Crippen LogP contribution in [0.2, 0.25) is 5.02 Å². The van der Waals surface area contributed by atoms with Crippen LogP contribution in [0.5, 0.6) is 0 Å². The molecule has 2 rings (SSSR count). The maximum absolute atomic E-state index is 8.87. The van der Waals surface area contributed by atoms with E-state index in [1.165, 1.54) is 5.56 Å². The molecule has 1 aromatic carbocycles. The van der Waals surface area contributed by atoms with E-state index < -0.39 is 0 Å². The Bertz CT molecular complexity index is 663. The molecule has 1 aromatic heterocycles. The lowest BCUT2D eigenvalue weighted by Gasteiger charge is -2.09. The smallest absolute Gasteiger partial charge is 0.0992 e. The van der Waals surface area contributed by atoms with Crippen molar-refractivity contribution in [2.75, 3.05) is 0 Å². The summed E-state index contributed by atoms with van der Waals surface area (Å²) in [5.74, 6) is 0.422. The second kappa shape index (κ2) is 5.07. The Morgan fingerprint density at radius 1 is 1.32 bits per heavy atom. The van der Waals surface area contributed by atoms with Gasteiger partial charge in [0.25, 0.3) is 0 Å². The highest BCUT2D eigenvalue weighted by Gasteiger charge is 2.16. The summed E-state index contributed by atoms with van der Waals surface area (Å²) in [5, 5.41) is 14.0. The molecule has 98 valence electrons. The fraction of sp³-hybridized carbons (Fsp3) is 0.333. The first-order valence-electron chi connectivity index (χ1n) is 6.21. The first-order valence-corrected chi connectivity index (χ1v) is 6.59. The van der Waals surface area contributed by atoms with E-state index in [2.05, 4.69) is 25.0 Å². The number of halogens is 1. The number of aryl methyl sites for hydroxylation is 1. The van der Waals surface area contributed by atoms with Crippen molar-refractivity contribution in [3.63, 3.8) is 0 Å². The number of nitriles is 1. The Hall–Kier alpha value is -1.79. The zero-order valence-electron chi connectivity index (χ0n) is 11.5. The molecule has 0 unspecified atom stereocenters. The maximum atomic E-state index is 8.87. The van der Waals surface area contributed by atoms with Gasteiger partial charge < -0.3 is 0 Å². The Kier molecular flexibility index (Phi) is 3.64. The largest absolute Gasteiger partial charge is 0.236 e. The third kappa shape index (κ3) is 2.36. The van der Waals surface area contributed by atoms with Crippen molar-refractivity contribution in [2.24, 2.45) is 0 Å². The van der Waals surface area contributed by atoms with Gasteiger partial charge in [-0.3, -0.25) is 0 Å². The van der Waals surface area contributed by atoms with E-state index in [1.54, 1.807) is 12.1 Å². The summed E-state index contributed by atoms with van der Waals surface area (Å²) >= 11 is 6.24. The fourth-order valence-electron chi connectivity index (χ4n) is 2.47. The number of hydrogen-bond acceptors (Lipinski definition) is 2. The van der Waals surface area contributed by atoms with Gasteiger partial charge in [-0.05, 0) is 43.5 Å². The molecule has 0 spiro atoms. The predicted octanol–water partition coefficient (Wildman–Crippen LogP) is 4.14. The minimum absolute atomic E-state index is 0.422. The Balaban J connectivity index is 2.61. The summed E-state index contributed by atoms with van der Waals surface area (Å²) in [6, 6.07) is 7.35. The van der Waals surface area contributed by atoms with Gasteiger partial charge in [-0.1, -0.05) is 25.4 Å². The lowest BCUT2D eigenvalue weighted by molar-refractivity contribution is 0.822. The van der Waals surface area contributed by atoms with Gasteiger partial charge in [0.15, 0.2) is 0 Å². The molecule has 0 atom stereocenters. The first kappa shape index (κ1) is 13.6. The van der Waals surface area contributed by atoms with Crippen LogP contribution in [0, 0.1) is 25.2 Å². The van der Waals surface area contributed by atoms with Gasteiger partial charge in [-0.15, -0.1) is 0 Å². The average Bonchev–Trinajstić information content (AvgIpc) is 2.64. The van der Waals surface area contributed by atoms with Crippen LogP contribution in [0.1, 0.15) is 42.3 Å². The molecular formula is C15H16ClN3. The van der Waals surface area contributed by atoms with Gasteiger partial charge in [0.1, 0.15) is 0 Å². The van der Waals surface area contributed by atoms with E-state index in [-0.39, 0.29) is 0 Å². The number of rotatable bonds is 2. The highest BCUT2D eigenvalue weighted by atomic mass is 35.5. The van der Waals surface area contributed by atoms with E-state index >= 15 is 0 Å². The number of aromatic nitrogens is 2. The molecule has 4 heteroatoms. The van der Waals surface area contributed by atoms with Gasteiger partial charge in [0.2, 0.25) is 0 Å². The molecule has 0 aliphatic rings. The zero-order valence-corrected chi connectivity index (χ0v) is 12.3. The summed E-state index contributed by atoms with van der Waals surface area (Å²) in [6.07, 6.45) is 0. The molecule has 0 bridgehead atoms.